The second-order valence-electron chi connectivity index (χ2n) is 16.5. The monoisotopic (exact) mass is 906 g/mol. The Balaban J connectivity index is 0.988. The van der Waals surface area contributed by atoms with Crippen LogP contribution in [-0.2, 0) is 0 Å². The molecule has 0 radical (unpaired) electrons. The molecule has 13 aromatic rings. The van der Waals surface area contributed by atoms with Crippen molar-refractivity contribution in [3.63, 3.8) is 0 Å². The molecule has 6 nitrogen and oxygen atoms in total. The number of imidazole rings is 1. The molecule has 9 aromatic carbocycles. The number of benzene rings is 9. The van der Waals surface area contributed by atoms with Crippen molar-refractivity contribution in [1.82, 2.24) is 18.7 Å². The zero-order valence-electron chi connectivity index (χ0n) is 55.7. The average molecular weight is 907 g/mol. The van der Waals surface area contributed by atoms with E-state index in [1.165, 1.54) is 10.6 Å². The first-order valence-corrected chi connectivity index (χ1v) is 21.9. The molecule has 13 rings (SSSR count). The molecule has 0 saturated heterocycles. The summed E-state index contributed by atoms with van der Waals surface area (Å²) in [5, 5.41) is 1.19. The van der Waals surface area contributed by atoms with Crippen LogP contribution < -0.4 is 9.30 Å². The van der Waals surface area contributed by atoms with E-state index in [9.17, 15) is 0 Å². The quantitative estimate of drug-likeness (QED) is 0.107. The smallest absolute Gasteiger partial charge is 0.269 e. The van der Waals surface area contributed by atoms with Crippen molar-refractivity contribution in [2.75, 3.05) is 0 Å². The molecule has 0 bridgehead atoms. The van der Waals surface area contributed by atoms with Crippen molar-refractivity contribution in [2.24, 2.45) is 0 Å². The molecular formula is C63H45N5O. The van der Waals surface area contributed by atoms with Crippen LogP contribution in [0.5, 0.6) is 11.5 Å². The van der Waals surface area contributed by atoms with Crippen molar-refractivity contribution >= 4 is 54.6 Å². The Labute approximate surface area is 426 Å². The van der Waals surface area contributed by atoms with Crippen molar-refractivity contribution in [2.45, 2.75) is 19.7 Å². The van der Waals surface area contributed by atoms with Gasteiger partial charge in [-0.1, -0.05) is 159 Å². The van der Waals surface area contributed by atoms with Crippen LogP contribution in [-0.4, -0.2) is 18.7 Å². The lowest BCUT2D eigenvalue weighted by atomic mass is 9.95. The Morgan fingerprint density at radius 3 is 1.91 bits per heavy atom. The zero-order valence-corrected chi connectivity index (χ0v) is 36.7. The van der Waals surface area contributed by atoms with Gasteiger partial charge in [-0.25, -0.2) is 4.98 Å². The first kappa shape index (κ1) is 25.2. The summed E-state index contributed by atoms with van der Waals surface area (Å²) >= 11 is 0. The van der Waals surface area contributed by atoms with Crippen LogP contribution in [0.2, 0.25) is 0 Å². The summed E-state index contributed by atoms with van der Waals surface area (Å²) in [7, 11) is 0. The lowest BCUT2D eigenvalue weighted by Crippen LogP contribution is -2.31. The standard InChI is InChI=1S/C63H45N5O/c1-42(2)45-35-36-64-62(37-45)68-58-34-31-47(67-56-27-11-9-23-52(56)53-24-10-12-28-57(53)67)39-55(58)54-33-32-49(40-61(54)68)69-48-22-15-21-46(38-48)65-41-66(60-30-14-13-29-59(60)65)63-50(43-17-5-3-6-18-43)25-16-26-51(63)44-19-7-4-8-20-44/h3-40,42H,1-2H3/i3D,4D,5D,6D,7D,8D,9D,10D,11D,12D,17D,18D,19D,20D,23D,24D,27D,28D,42D. The lowest BCUT2D eigenvalue weighted by Gasteiger charge is -2.17. The summed E-state index contributed by atoms with van der Waals surface area (Å²) in [4.78, 5) is 4.79. The first-order chi connectivity index (χ1) is 41.8. The van der Waals surface area contributed by atoms with Gasteiger partial charge in [0.25, 0.3) is 6.33 Å². The number of fused-ring (bicyclic) bond motifs is 7. The molecule has 0 atom stereocenters. The maximum absolute atomic E-state index is 9.14. The molecule has 0 N–H and O–H groups in total. The van der Waals surface area contributed by atoms with Crippen LogP contribution in [0.3, 0.4) is 0 Å². The summed E-state index contributed by atoms with van der Waals surface area (Å²) in [5.74, 6) is 0.154. The van der Waals surface area contributed by atoms with E-state index < -0.39 is 115 Å². The molecule has 0 saturated carbocycles. The molecule has 0 aliphatic carbocycles. The SMILES string of the molecule is [2H]c1c([2H])c([2H])c(-c2cccc(-c3c([2H])c([2H])c([2H])c([2H])c3[2H])c2-[n+]2[c-]n(-c3cccc(Oc4ccc5c6cc(-n7c8c([2H])c([2H])c([2H])c([2H])c8c8c([2H])c([2H])c([2H])c([2H])c87)ccc6n(-c6cc(C([2H])(C)C)ccn6)c5c4)c3)c3ccccc32)c([2H])c1[2H]. The summed E-state index contributed by atoms with van der Waals surface area (Å²) < 4.78 is 180. The molecular weight excluding hydrogens is 843 g/mol. The normalized spacial score (nSPS) is 15.8. The number of para-hydroxylation sites is 5. The Bertz CT molecular complexity index is 5020. The van der Waals surface area contributed by atoms with E-state index in [0.717, 1.165) is 0 Å². The molecule has 6 heteroatoms. The summed E-state index contributed by atoms with van der Waals surface area (Å²) in [5.41, 5.74) is 3.62. The Morgan fingerprint density at radius 1 is 0.522 bits per heavy atom. The van der Waals surface area contributed by atoms with Gasteiger partial charge in [0.2, 0.25) is 0 Å². The van der Waals surface area contributed by atoms with E-state index in [-0.39, 0.29) is 49.7 Å². The van der Waals surface area contributed by atoms with Crippen LogP contribution in [0, 0.1) is 6.33 Å². The van der Waals surface area contributed by atoms with E-state index >= 15 is 0 Å². The topological polar surface area (TPSA) is 40.8 Å². The highest BCUT2D eigenvalue weighted by molar-refractivity contribution is 6.12. The third-order valence-electron chi connectivity index (χ3n) is 12.2. The van der Waals surface area contributed by atoms with Gasteiger partial charge in [-0.05, 0) is 106 Å². The third kappa shape index (κ3) is 6.79. The number of hydrogen-bond donors (Lipinski definition) is 0. The number of hydrogen-bond acceptors (Lipinski definition) is 2. The highest BCUT2D eigenvalue weighted by Crippen LogP contribution is 2.40. The maximum atomic E-state index is 9.14. The van der Waals surface area contributed by atoms with Gasteiger partial charge >= 0.3 is 0 Å². The second kappa shape index (κ2) is 16.4. The predicted molar refractivity (Wildman–Crippen MR) is 282 cm³/mol. The predicted octanol–water partition coefficient (Wildman–Crippen LogP) is 15.5. The van der Waals surface area contributed by atoms with E-state index in [1.807, 2.05) is 28.8 Å². The average Bonchev–Trinajstić information content (AvgIpc) is 1.53. The fourth-order valence-electron chi connectivity index (χ4n) is 9.17. The van der Waals surface area contributed by atoms with Gasteiger partial charge in [0.05, 0.1) is 69.1 Å². The lowest BCUT2D eigenvalue weighted by molar-refractivity contribution is -0.571. The first-order valence-electron chi connectivity index (χ1n) is 31.4. The largest absolute Gasteiger partial charge is 0.458 e. The van der Waals surface area contributed by atoms with Crippen LogP contribution in [0.4, 0.5) is 0 Å². The fourth-order valence-corrected chi connectivity index (χ4v) is 9.17. The van der Waals surface area contributed by atoms with Crippen LogP contribution in [0.1, 0.15) is 51.3 Å². The number of ether oxygens (including phenoxy) is 1. The van der Waals surface area contributed by atoms with Crippen molar-refractivity contribution < 1.29 is 35.3 Å². The van der Waals surface area contributed by atoms with Gasteiger partial charge in [0, 0.05) is 40.9 Å². The minimum absolute atomic E-state index is 0.0300. The Hall–Kier alpha value is -9.00. The van der Waals surface area contributed by atoms with Gasteiger partial charge in [-0.3, -0.25) is 13.7 Å². The van der Waals surface area contributed by atoms with Crippen molar-refractivity contribution in [3.8, 4) is 56.6 Å². The third-order valence-corrected chi connectivity index (χ3v) is 12.2. The summed E-state index contributed by atoms with van der Waals surface area (Å²) in [6, 6.07) is 23.5. The van der Waals surface area contributed by atoms with Crippen LogP contribution in [0.15, 0.2) is 230 Å². The maximum Gasteiger partial charge on any atom is 0.269 e. The number of pyridine rings is 1. The molecule has 0 spiro atoms. The minimum atomic E-state index is -1.03. The Kier molecular flexibility index (Phi) is 6.00. The molecule has 328 valence electrons. The molecule has 0 fully saturated rings. The van der Waals surface area contributed by atoms with Crippen molar-refractivity contribution in [1.29, 1.82) is 0 Å². The zero-order chi connectivity index (χ0) is 62.6. The van der Waals surface area contributed by atoms with Gasteiger partial charge in [0.1, 0.15) is 17.3 Å². The van der Waals surface area contributed by atoms with E-state index in [2.05, 4.69) is 6.33 Å². The highest BCUT2D eigenvalue weighted by Gasteiger charge is 2.21. The molecule has 4 heterocycles. The van der Waals surface area contributed by atoms with E-state index in [4.69, 9.17) is 35.8 Å². The Morgan fingerprint density at radius 2 is 1.19 bits per heavy atom. The highest BCUT2D eigenvalue weighted by atomic mass is 16.5. The van der Waals surface area contributed by atoms with E-state index in [0.29, 0.717) is 67.1 Å². The molecule has 0 aliphatic heterocycles. The number of rotatable bonds is 9. The van der Waals surface area contributed by atoms with Gasteiger partial charge in [-0.2, -0.15) is 0 Å². The summed E-state index contributed by atoms with van der Waals surface area (Å²) in [6.07, 6.45) is 5.02. The van der Waals surface area contributed by atoms with Crippen LogP contribution in [0.25, 0.3) is 99.8 Å². The fraction of sp³-hybridized carbons (Fsp3) is 0.0476. The van der Waals surface area contributed by atoms with Crippen LogP contribution >= 0.6 is 0 Å². The minimum Gasteiger partial charge on any atom is -0.458 e. The second-order valence-corrected chi connectivity index (χ2v) is 16.5. The molecule has 4 aromatic heterocycles. The van der Waals surface area contributed by atoms with Crippen molar-refractivity contribution in [3.05, 3.63) is 242 Å². The molecule has 0 aliphatic rings. The van der Waals surface area contributed by atoms with Gasteiger partial charge < -0.3 is 9.30 Å². The number of nitrogens with zero attached hydrogens (tertiary/aromatic N) is 5. The molecule has 0 amide bonds. The van der Waals surface area contributed by atoms with E-state index in [1.54, 1.807) is 114 Å². The molecule has 69 heavy (non-hydrogen) atoms. The molecule has 0 unspecified atom stereocenters. The summed E-state index contributed by atoms with van der Waals surface area (Å²) in [6.45, 7) is 3.53. The number of aromatic nitrogens is 5. The van der Waals surface area contributed by atoms with Gasteiger partial charge in [-0.15, -0.1) is 0 Å². The van der Waals surface area contributed by atoms with Gasteiger partial charge in [0.15, 0.2) is 0 Å².